The molecule has 0 fully saturated rings. The number of ether oxygens (including phenoxy) is 4. The monoisotopic (exact) mass is 1650 g/mol. The Morgan fingerprint density at radius 2 is 0.440 bits per heavy atom. The maximum absolute atomic E-state index is 13.2. The Balaban J connectivity index is 5.61. The molecule has 2 unspecified atom stereocenters. The van der Waals surface area contributed by atoms with Gasteiger partial charge in [0.15, 0.2) is 12.2 Å². The fourth-order valence-electron chi connectivity index (χ4n) is 10.1. The Hall–Kier alpha value is -7.40. The number of carbonyl (C=O) groups is 4. The van der Waals surface area contributed by atoms with Crippen LogP contribution in [0.4, 0.5) is 0 Å². The molecule has 648 valence electrons. The van der Waals surface area contributed by atoms with Gasteiger partial charge in [-0.15, -0.1) is 0 Å². The van der Waals surface area contributed by atoms with Crippen molar-refractivity contribution in [3.05, 3.63) is 255 Å². The Labute approximate surface area is 700 Å². The SMILES string of the molecule is CC/C=C\C/C=C\C/C=C\C/C=C\C/C=C\C/C=C\CCC(=O)O[C@H](COC(=O)CCCCC/C=C\C/C=C\C/C=C\C/C=C\C/C=C\CC)COP(=O)(O)OC[C@@H](O)COP(=O)(O)OC[C@@H](COC(=O)CCCCC/C=C\C/C=C\C/C=C\C/C=C\C/C=C\CC)OC(=O)CCCCC/C=C\C/C=C\C/C=C\C/C=C\C/C=C\CC. The van der Waals surface area contributed by atoms with Crippen LogP contribution in [-0.2, 0) is 65.4 Å². The second-order valence-corrected chi connectivity index (χ2v) is 30.1. The highest BCUT2D eigenvalue weighted by Crippen LogP contribution is 2.45. The van der Waals surface area contributed by atoms with Gasteiger partial charge < -0.3 is 33.8 Å². The predicted octanol–water partition coefficient (Wildman–Crippen LogP) is 26.1. The van der Waals surface area contributed by atoms with Crippen LogP contribution in [0.25, 0.3) is 0 Å². The molecule has 0 spiro atoms. The van der Waals surface area contributed by atoms with Crippen LogP contribution in [0, 0.1) is 0 Å². The molecule has 0 aromatic heterocycles. The Bertz CT molecular complexity index is 3210. The van der Waals surface area contributed by atoms with E-state index in [9.17, 15) is 43.2 Å². The van der Waals surface area contributed by atoms with Crippen molar-refractivity contribution in [2.45, 2.75) is 290 Å². The van der Waals surface area contributed by atoms with Crippen molar-refractivity contribution in [2.24, 2.45) is 0 Å². The standard InChI is InChI=1S/C97H148O17P2/c1-5-9-13-17-21-25-29-33-37-41-45-49-53-57-61-65-69-73-77-81-94(99)107-87-92(113-96(101)83-79-75-71-67-63-59-55-51-47-43-39-35-31-27-23-19-15-11-7-3)89-111-115(103,104)109-85-91(98)86-110-116(105,106)112-90-93(114-97(102)84-80-76-72-68-64-60-56-52-48-44-40-36-32-28-24-20-16-12-8-4)88-108-95(100)82-78-74-70-66-62-58-54-50-46-42-38-34-30-26-22-18-14-10-6-2/h9-16,21-28,33-40,45-52,57-64,71,75,91-93,98H,5-8,17-20,29-32,41-44,53-56,65-70,72-74,76-90H2,1-4H3,(H,103,104)(H,105,106)/b13-9-,14-10-,15-11-,16-12-,25-21-,26-22-,27-23-,28-24-,37-33-,38-34-,39-35-,40-36-,49-45-,50-46-,51-47-,52-48-,61-57-,62-58-,63-59-,64-60-,75-71-/t91-,92-,93-/m1/s1. The normalized spacial score (nSPS) is 15.0. The van der Waals surface area contributed by atoms with Gasteiger partial charge in [0.2, 0.25) is 0 Å². The number of phosphoric ester groups is 2. The number of hydrogen-bond donors (Lipinski definition) is 3. The number of rotatable bonds is 77. The summed E-state index contributed by atoms with van der Waals surface area (Å²) in [4.78, 5) is 73.3. The van der Waals surface area contributed by atoms with Crippen molar-refractivity contribution >= 4 is 39.5 Å². The molecule has 0 radical (unpaired) electrons. The van der Waals surface area contributed by atoms with Crippen LogP contribution in [0.3, 0.4) is 0 Å². The minimum absolute atomic E-state index is 0.0329. The van der Waals surface area contributed by atoms with E-state index in [-0.39, 0.29) is 25.7 Å². The highest BCUT2D eigenvalue weighted by atomic mass is 31.2. The first-order valence-electron chi connectivity index (χ1n) is 42.9. The molecule has 0 aliphatic heterocycles. The second kappa shape index (κ2) is 85.5. The Morgan fingerprint density at radius 3 is 0.681 bits per heavy atom. The van der Waals surface area contributed by atoms with Crippen molar-refractivity contribution in [3.8, 4) is 0 Å². The van der Waals surface area contributed by atoms with E-state index in [1.54, 1.807) is 0 Å². The molecule has 3 N–H and O–H groups in total. The van der Waals surface area contributed by atoms with Crippen LogP contribution in [0.1, 0.15) is 272 Å². The summed E-state index contributed by atoms with van der Waals surface area (Å²) in [5, 5.41) is 10.7. The topological polar surface area (TPSA) is 237 Å². The molecule has 0 rings (SSSR count). The summed E-state index contributed by atoms with van der Waals surface area (Å²) >= 11 is 0. The molecule has 0 amide bonds. The van der Waals surface area contributed by atoms with Crippen molar-refractivity contribution in [1.29, 1.82) is 0 Å². The highest BCUT2D eigenvalue weighted by molar-refractivity contribution is 7.47. The van der Waals surface area contributed by atoms with Gasteiger partial charge in [0.05, 0.1) is 26.4 Å². The summed E-state index contributed by atoms with van der Waals surface area (Å²) in [5.74, 6) is -2.42. The third-order valence-electron chi connectivity index (χ3n) is 16.5. The maximum atomic E-state index is 13.2. The molecular formula is C97H148O17P2. The van der Waals surface area contributed by atoms with Crippen LogP contribution in [0.2, 0.25) is 0 Å². The summed E-state index contributed by atoms with van der Waals surface area (Å²) in [6, 6.07) is 0. The number of carbonyl (C=O) groups excluding carboxylic acids is 4. The summed E-state index contributed by atoms with van der Waals surface area (Å²) in [7, 11) is -10.1. The molecule has 0 aliphatic carbocycles. The smallest absolute Gasteiger partial charge is 0.462 e. The average molecular weight is 1650 g/mol. The maximum Gasteiger partial charge on any atom is 0.472 e. The second-order valence-electron chi connectivity index (χ2n) is 27.2. The van der Waals surface area contributed by atoms with E-state index in [2.05, 4.69) is 265 Å². The van der Waals surface area contributed by atoms with Gasteiger partial charge >= 0.3 is 39.5 Å². The molecule has 17 nitrogen and oxygen atoms in total. The van der Waals surface area contributed by atoms with Crippen molar-refractivity contribution in [1.82, 2.24) is 0 Å². The van der Waals surface area contributed by atoms with E-state index >= 15 is 0 Å². The van der Waals surface area contributed by atoms with Gasteiger partial charge in [-0.3, -0.25) is 37.3 Å². The van der Waals surface area contributed by atoms with Crippen LogP contribution in [0.5, 0.6) is 0 Å². The minimum atomic E-state index is -5.03. The first-order valence-corrected chi connectivity index (χ1v) is 45.9. The molecule has 5 atom stereocenters. The van der Waals surface area contributed by atoms with E-state index in [1.165, 1.54) is 0 Å². The first-order chi connectivity index (χ1) is 56.7. The fraction of sp³-hybridized carbons (Fsp3) is 0.526. The molecule has 0 saturated carbocycles. The number of aliphatic hydroxyl groups is 1. The predicted molar refractivity (Wildman–Crippen MR) is 481 cm³/mol. The molecule has 0 saturated heterocycles. The largest absolute Gasteiger partial charge is 0.472 e. The van der Waals surface area contributed by atoms with Gasteiger partial charge in [-0.2, -0.15) is 0 Å². The van der Waals surface area contributed by atoms with Gasteiger partial charge in [-0.25, -0.2) is 9.13 Å². The molecule has 0 heterocycles. The van der Waals surface area contributed by atoms with Crippen LogP contribution >= 0.6 is 15.6 Å². The zero-order valence-corrected chi connectivity index (χ0v) is 72.8. The molecule has 0 aromatic carbocycles. The average Bonchev–Trinajstić information content (AvgIpc) is 0.898. The van der Waals surface area contributed by atoms with E-state index in [1.807, 2.05) is 18.2 Å². The summed E-state index contributed by atoms with van der Waals surface area (Å²) in [6.07, 6.45) is 114. The molecule has 0 bridgehead atoms. The van der Waals surface area contributed by atoms with Gasteiger partial charge in [-0.05, 0) is 199 Å². The van der Waals surface area contributed by atoms with Crippen molar-refractivity contribution in [3.63, 3.8) is 0 Å². The van der Waals surface area contributed by atoms with E-state index in [0.717, 1.165) is 186 Å². The summed E-state index contributed by atoms with van der Waals surface area (Å²) in [5.41, 5.74) is 0. The lowest BCUT2D eigenvalue weighted by Gasteiger charge is -2.21. The first kappa shape index (κ1) is 109. The quantitative estimate of drug-likeness (QED) is 0.0169. The fourth-order valence-corrected chi connectivity index (χ4v) is 11.7. The molecule has 116 heavy (non-hydrogen) atoms. The molecular weight excluding hydrogens is 1500 g/mol. The lowest BCUT2D eigenvalue weighted by molar-refractivity contribution is -0.161. The van der Waals surface area contributed by atoms with Crippen LogP contribution < -0.4 is 0 Å². The summed E-state index contributed by atoms with van der Waals surface area (Å²) in [6.45, 7) is 4.18. The molecule has 0 aliphatic rings. The number of allylic oxidation sites excluding steroid dienone is 42. The zero-order valence-electron chi connectivity index (χ0n) is 71.0. The Kier molecular flexibility index (Phi) is 80.0. The number of hydrogen-bond acceptors (Lipinski definition) is 15. The van der Waals surface area contributed by atoms with Gasteiger partial charge in [0.25, 0.3) is 0 Å². The Morgan fingerprint density at radius 1 is 0.241 bits per heavy atom. The highest BCUT2D eigenvalue weighted by Gasteiger charge is 2.30. The number of aliphatic hydroxyl groups excluding tert-OH is 1. The number of esters is 4. The van der Waals surface area contributed by atoms with Crippen LogP contribution in [-0.4, -0.2) is 96.7 Å². The zero-order chi connectivity index (χ0) is 84.5. The third kappa shape index (κ3) is 84.5. The lowest BCUT2D eigenvalue weighted by atomic mass is 10.1. The van der Waals surface area contributed by atoms with E-state index in [4.69, 9.17) is 37.0 Å². The van der Waals surface area contributed by atoms with E-state index < -0.39 is 97.5 Å². The number of phosphoric acid groups is 2. The lowest BCUT2D eigenvalue weighted by Crippen LogP contribution is -2.30. The van der Waals surface area contributed by atoms with Gasteiger partial charge in [0.1, 0.15) is 19.3 Å². The number of unbranched alkanes of at least 4 members (excludes halogenated alkanes) is 9. The van der Waals surface area contributed by atoms with Gasteiger partial charge in [0, 0.05) is 25.7 Å². The van der Waals surface area contributed by atoms with Gasteiger partial charge in [-0.1, -0.05) is 302 Å². The molecule has 19 heteroatoms. The summed E-state index contributed by atoms with van der Waals surface area (Å²) < 4.78 is 68.7. The van der Waals surface area contributed by atoms with Crippen LogP contribution in [0.15, 0.2) is 255 Å². The minimum Gasteiger partial charge on any atom is -0.462 e. The van der Waals surface area contributed by atoms with Crippen molar-refractivity contribution in [2.75, 3.05) is 39.6 Å². The third-order valence-corrected chi connectivity index (χ3v) is 18.4. The van der Waals surface area contributed by atoms with E-state index in [0.29, 0.717) is 32.1 Å². The molecule has 0 aromatic rings. The van der Waals surface area contributed by atoms with Crippen molar-refractivity contribution < 1.29 is 80.2 Å².